The third-order valence-electron chi connectivity index (χ3n) is 5.03. The van der Waals surface area contributed by atoms with Crippen molar-refractivity contribution in [1.82, 2.24) is 4.90 Å². The SMILES string of the molecule is CC(C)Oc1ccc([C@@H](CCN2C(=O)c3ccccc3C2=O)C(C)C)cc1. The van der Waals surface area contributed by atoms with E-state index in [4.69, 9.17) is 4.74 Å². The molecule has 0 aromatic heterocycles. The van der Waals surface area contributed by atoms with Crippen LogP contribution in [0.1, 0.15) is 66.3 Å². The summed E-state index contributed by atoms with van der Waals surface area (Å²) in [6.45, 7) is 8.79. The summed E-state index contributed by atoms with van der Waals surface area (Å²) in [6, 6.07) is 15.2. The number of fused-ring (bicyclic) bond motifs is 1. The van der Waals surface area contributed by atoms with Crippen molar-refractivity contribution in [2.24, 2.45) is 5.92 Å². The van der Waals surface area contributed by atoms with E-state index in [1.807, 2.05) is 26.0 Å². The first-order chi connectivity index (χ1) is 12.9. The molecule has 27 heavy (non-hydrogen) atoms. The van der Waals surface area contributed by atoms with Crippen LogP contribution in [0.3, 0.4) is 0 Å². The van der Waals surface area contributed by atoms with Crippen LogP contribution in [-0.2, 0) is 0 Å². The molecular formula is C23H27NO3. The Morgan fingerprint density at radius 3 is 1.89 bits per heavy atom. The zero-order valence-corrected chi connectivity index (χ0v) is 16.4. The van der Waals surface area contributed by atoms with Gasteiger partial charge in [-0.15, -0.1) is 0 Å². The number of hydrogen-bond donors (Lipinski definition) is 0. The first-order valence-electron chi connectivity index (χ1n) is 9.60. The number of carbonyl (C=O) groups is 2. The lowest BCUT2D eigenvalue weighted by Crippen LogP contribution is -2.32. The van der Waals surface area contributed by atoms with Crippen LogP contribution in [0.2, 0.25) is 0 Å². The van der Waals surface area contributed by atoms with Crippen LogP contribution in [0, 0.1) is 5.92 Å². The quantitative estimate of drug-likeness (QED) is 0.656. The highest BCUT2D eigenvalue weighted by atomic mass is 16.5. The van der Waals surface area contributed by atoms with E-state index >= 15 is 0 Å². The molecule has 0 unspecified atom stereocenters. The molecule has 0 spiro atoms. The van der Waals surface area contributed by atoms with E-state index in [1.165, 1.54) is 10.5 Å². The summed E-state index contributed by atoms with van der Waals surface area (Å²) in [6.07, 6.45) is 0.888. The molecule has 1 aliphatic rings. The van der Waals surface area contributed by atoms with Gasteiger partial charge in [-0.25, -0.2) is 0 Å². The van der Waals surface area contributed by atoms with Crippen molar-refractivity contribution < 1.29 is 14.3 Å². The number of carbonyl (C=O) groups excluding carboxylic acids is 2. The molecular weight excluding hydrogens is 338 g/mol. The summed E-state index contributed by atoms with van der Waals surface area (Å²) in [5.41, 5.74) is 2.23. The Kier molecular flexibility index (Phi) is 5.64. The molecule has 0 saturated carbocycles. The van der Waals surface area contributed by atoms with Crippen molar-refractivity contribution in [3.05, 3.63) is 65.2 Å². The second-order valence-electron chi connectivity index (χ2n) is 7.68. The molecule has 0 fully saturated rings. The minimum absolute atomic E-state index is 0.144. The molecule has 4 nitrogen and oxygen atoms in total. The van der Waals surface area contributed by atoms with Gasteiger partial charge in [-0.1, -0.05) is 38.1 Å². The van der Waals surface area contributed by atoms with E-state index in [2.05, 4.69) is 26.0 Å². The first-order valence-corrected chi connectivity index (χ1v) is 9.60. The second kappa shape index (κ2) is 7.95. The van der Waals surface area contributed by atoms with E-state index in [9.17, 15) is 9.59 Å². The number of rotatable bonds is 7. The number of nitrogens with zero attached hydrogens (tertiary/aromatic N) is 1. The highest BCUT2D eigenvalue weighted by molar-refractivity contribution is 6.21. The molecule has 0 saturated heterocycles. The number of imide groups is 1. The normalized spacial score (nSPS) is 14.8. The van der Waals surface area contributed by atoms with Gasteiger partial charge in [0.1, 0.15) is 5.75 Å². The maximum absolute atomic E-state index is 12.6. The van der Waals surface area contributed by atoms with Crippen LogP contribution in [0.15, 0.2) is 48.5 Å². The topological polar surface area (TPSA) is 46.6 Å². The van der Waals surface area contributed by atoms with Gasteiger partial charge >= 0.3 is 0 Å². The molecule has 2 amide bonds. The zero-order chi connectivity index (χ0) is 19.6. The van der Waals surface area contributed by atoms with Crippen molar-refractivity contribution in [3.8, 4) is 5.75 Å². The van der Waals surface area contributed by atoms with Crippen molar-refractivity contribution in [2.45, 2.75) is 46.1 Å². The summed E-state index contributed by atoms with van der Waals surface area (Å²) in [7, 11) is 0. The van der Waals surface area contributed by atoms with Gasteiger partial charge in [0.2, 0.25) is 0 Å². The van der Waals surface area contributed by atoms with Crippen molar-refractivity contribution in [1.29, 1.82) is 0 Å². The van der Waals surface area contributed by atoms with E-state index in [-0.39, 0.29) is 23.8 Å². The molecule has 2 aromatic rings. The lowest BCUT2D eigenvalue weighted by atomic mass is 9.85. The van der Waals surface area contributed by atoms with E-state index < -0.39 is 0 Å². The lowest BCUT2D eigenvalue weighted by molar-refractivity contribution is 0.0647. The Balaban J connectivity index is 1.71. The third kappa shape index (κ3) is 4.05. The molecule has 1 heterocycles. The van der Waals surface area contributed by atoms with Gasteiger partial charge in [0.25, 0.3) is 11.8 Å². The highest BCUT2D eigenvalue weighted by Gasteiger charge is 2.35. The van der Waals surface area contributed by atoms with Crippen molar-refractivity contribution in [2.75, 3.05) is 6.54 Å². The third-order valence-corrected chi connectivity index (χ3v) is 5.03. The van der Waals surface area contributed by atoms with Gasteiger partial charge in [-0.2, -0.15) is 0 Å². The zero-order valence-electron chi connectivity index (χ0n) is 16.4. The van der Waals surface area contributed by atoms with Gasteiger partial charge in [-0.3, -0.25) is 14.5 Å². The maximum atomic E-state index is 12.6. The minimum atomic E-state index is -0.182. The number of hydrogen-bond acceptors (Lipinski definition) is 3. The fourth-order valence-electron chi connectivity index (χ4n) is 3.66. The first kappa shape index (κ1) is 19.2. The van der Waals surface area contributed by atoms with Gasteiger partial charge < -0.3 is 4.74 Å². The molecule has 1 atom stereocenters. The summed E-state index contributed by atoms with van der Waals surface area (Å²) in [4.78, 5) is 26.5. The summed E-state index contributed by atoms with van der Waals surface area (Å²) in [5, 5.41) is 0. The highest BCUT2D eigenvalue weighted by Crippen LogP contribution is 2.31. The van der Waals surface area contributed by atoms with Gasteiger partial charge in [0.15, 0.2) is 0 Å². The molecule has 1 aliphatic heterocycles. The van der Waals surface area contributed by atoms with Crippen molar-refractivity contribution >= 4 is 11.8 Å². The van der Waals surface area contributed by atoms with Crippen LogP contribution < -0.4 is 4.74 Å². The fourth-order valence-corrected chi connectivity index (χ4v) is 3.66. The predicted octanol–water partition coefficient (Wildman–Crippen LogP) is 4.90. The monoisotopic (exact) mass is 365 g/mol. The average molecular weight is 365 g/mol. The van der Waals surface area contributed by atoms with Gasteiger partial charge in [-0.05, 0) is 61.9 Å². The Bertz CT molecular complexity index is 789. The molecule has 0 bridgehead atoms. The summed E-state index contributed by atoms with van der Waals surface area (Å²) < 4.78 is 5.72. The minimum Gasteiger partial charge on any atom is -0.491 e. The molecule has 0 aliphatic carbocycles. The molecule has 0 radical (unpaired) electrons. The summed E-state index contributed by atoms with van der Waals surface area (Å²) >= 11 is 0. The van der Waals surface area contributed by atoms with Crippen LogP contribution in [0.5, 0.6) is 5.75 Å². The van der Waals surface area contributed by atoms with Crippen LogP contribution in [0.4, 0.5) is 0 Å². The number of amides is 2. The fraction of sp³-hybridized carbons (Fsp3) is 0.391. The average Bonchev–Trinajstić information content (AvgIpc) is 2.87. The number of ether oxygens (including phenoxy) is 1. The smallest absolute Gasteiger partial charge is 0.261 e. The van der Waals surface area contributed by atoms with Gasteiger partial charge in [0.05, 0.1) is 17.2 Å². The van der Waals surface area contributed by atoms with Crippen LogP contribution >= 0.6 is 0 Å². The van der Waals surface area contributed by atoms with Gasteiger partial charge in [0, 0.05) is 6.54 Å². The molecule has 0 N–H and O–H groups in total. The maximum Gasteiger partial charge on any atom is 0.261 e. The molecule has 142 valence electrons. The Labute approximate surface area is 161 Å². The van der Waals surface area contributed by atoms with Crippen molar-refractivity contribution in [3.63, 3.8) is 0 Å². The Morgan fingerprint density at radius 2 is 1.41 bits per heavy atom. The molecule has 3 rings (SSSR count). The van der Waals surface area contributed by atoms with Crippen LogP contribution in [0.25, 0.3) is 0 Å². The Morgan fingerprint density at radius 1 is 0.852 bits per heavy atom. The van der Waals surface area contributed by atoms with E-state index in [0.29, 0.717) is 23.6 Å². The van der Waals surface area contributed by atoms with Crippen LogP contribution in [-0.4, -0.2) is 29.4 Å². The molecule has 4 heteroatoms. The van der Waals surface area contributed by atoms with E-state index in [0.717, 1.165) is 12.2 Å². The second-order valence-corrected chi connectivity index (χ2v) is 7.68. The standard InChI is InChI=1S/C23H27NO3/c1-15(2)19(17-9-11-18(12-10-17)27-16(3)4)13-14-24-22(25)20-7-5-6-8-21(20)23(24)26/h5-12,15-16,19H,13-14H2,1-4H3/t19-/m0/s1. The lowest BCUT2D eigenvalue weighted by Gasteiger charge is -2.24. The molecule has 2 aromatic carbocycles. The largest absolute Gasteiger partial charge is 0.491 e. The number of benzene rings is 2. The summed E-state index contributed by atoms with van der Waals surface area (Å²) in [5.74, 6) is 1.16. The van der Waals surface area contributed by atoms with E-state index in [1.54, 1.807) is 24.3 Å². The Hall–Kier alpha value is -2.62. The predicted molar refractivity (Wildman–Crippen MR) is 106 cm³/mol.